The third-order valence-electron chi connectivity index (χ3n) is 9.41. The third kappa shape index (κ3) is 9.83. The molecule has 0 bridgehead atoms. The molecule has 282 valence electrons. The van der Waals surface area contributed by atoms with E-state index in [9.17, 15) is 28.0 Å². The van der Waals surface area contributed by atoms with E-state index >= 15 is 0 Å². The predicted molar refractivity (Wildman–Crippen MR) is 205 cm³/mol. The maximum Gasteiger partial charge on any atom is 0.321 e. The van der Waals surface area contributed by atoms with E-state index in [1.165, 1.54) is 16.4 Å². The number of nitrogens with one attached hydrogen (secondary N) is 1. The van der Waals surface area contributed by atoms with Crippen molar-refractivity contribution in [3.63, 3.8) is 0 Å². The van der Waals surface area contributed by atoms with E-state index in [1.54, 1.807) is 28.1 Å². The van der Waals surface area contributed by atoms with Gasteiger partial charge in [-0.1, -0.05) is 94.4 Å². The molecule has 0 spiro atoms. The van der Waals surface area contributed by atoms with Crippen molar-refractivity contribution in [3.8, 4) is 0 Å². The topological polar surface area (TPSA) is 153 Å². The first-order chi connectivity index (χ1) is 25.2. The lowest BCUT2D eigenvalue weighted by molar-refractivity contribution is -0.130. The number of carbonyl (C=O) groups excluding carboxylic acids is 2. The number of rotatable bonds is 16. The molecule has 12 nitrogen and oxygen atoms in total. The van der Waals surface area contributed by atoms with Crippen LogP contribution < -0.4 is 5.32 Å². The number of hydrogen-bond acceptors (Lipinski definition) is 8. The Morgan fingerprint density at radius 2 is 1.64 bits per heavy atom. The monoisotopic (exact) mass is 742 g/mol. The Morgan fingerprint density at radius 1 is 0.943 bits per heavy atom. The molecule has 13 heteroatoms. The van der Waals surface area contributed by atoms with Crippen molar-refractivity contribution in [2.24, 2.45) is 16.5 Å². The van der Waals surface area contributed by atoms with Gasteiger partial charge in [-0.2, -0.15) is 9.21 Å². The van der Waals surface area contributed by atoms with Crippen molar-refractivity contribution in [1.29, 1.82) is 0 Å². The SMILES string of the molecule is CC(C)CN(C[C@@H](O)[C@H](Cc1ccccc1)NC(=O)[C@@H](N1CCN(Cc2ccc3ncccc3c2)C1=O)C(C)(C)C)S(=O)(=O)c1ccc(CN=O)cc1. The molecule has 2 heterocycles. The summed E-state index contributed by atoms with van der Waals surface area (Å²) in [5.74, 6) is -0.500. The molecule has 3 aromatic carbocycles. The van der Waals surface area contributed by atoms with E-state index in [2.05, 4.69) is 15.5 Å². The summed E-state index contributed by atoms with van der Waals surface area (Å²) in [5.41, 5.74) is 2.58. The predicted octanol–water partition coefficient (Wildman–Crippen LogP) is 5.59. The van der Waals surface area contributed by atoms with E-state index in [1.807, 2.05) is 95.3 Å². The van der Waals surface area contributed by atoms with Crippen LogP contribution >= 0.6 is 0 Å². The van der Waals surface area contributed by atoms with Crippen LogP contribution in [0.25, 0.3) is 10.9 Å². The average Bonchev–Trinajstić information content (AvgIpc) is 3.45. The molecule has 53 heavy (non-hydrogen) atoms. The average molecular weight is 743 g/mol. The molecule has 1 aliphatic heterocycles. The summed E-state index contributed by atoms with van der Waals surface area (Å²) in [5, 5.41) is 18.8. The summed E-state index contributed by atoms with van der Waals surface area (Å²) in [7, 11) is -4.07. The van der Waals surface area contributed by atoms with Crippen molar-refractivity contribution in [2.45, 2.75) is 77.2 Å². The zero-order valence-electron chi connectivity index (χ0n) is 31.1. The van der Waals surface area contributed by atoms with Gasteiger partial charge in [-0.25, -0.2) is 13.2 Å². The van der Waals surface area contributed by atoms with Crippen LogP contribution in [-0.2, 0) is 34.3 Å². The van der Waals surface area contributed by atoms with Gasteiger partial charge in [0, 0.05) is 44.3 Å². The lowest BCUT2D eigenvalue weighted by Crippen LogP contribution is -2.59. The van der Waals surface area contributed by atoms with E-state index in [0.717, 1.165) is 22.0 Å². The smallest absolute Gasteiger partial charge is 0.321 e. The first-order valence-corrected chi connectivity index (χ1v) is 19.4. The third-order valence-corrected chi connectivity index (χ3v) is 11.3. The lowest BCUT2D eigenvalue weighted by atomic mass is 9.84. The van der Waals surface area contributed by atoms with Gasteiger partial charge in [-0.05, 0) is 64.8 Å². The Morgan fingerprint density at radius 3 is 2.30 bits per heavy atom. The van der Waals surface area contributed by atoms with Gasteiger partial charge in [0.05, 0.1) is 22.6 Å². The Kier molecular flexibility index (Phi) is 12.6. The second kappa shape index (κ2) is 17.0. The second-order valence-electron chi connectivity index (χ2n) is 15.2. The standard InChI is InChI=1S/C40H50N6O6S/c1-28(2)25-45(53(51,52)33-16-13-30(14-17-33)24-42-50)27-36(47)35(23-29-10-7-6-8-11-29)43-38(48)37(40(3,4)5)46-21-20-44(39(46)49)26-31-15-18-34-32(22-31)12-9-19-41-34/h6-19,22,28,35-37,47H,20-21,23-27H2,1-5H3,(H,43,48)/t35-,36+,37+/m0/s1. The summed E-state index contributed by atoms with van der Waals surface area (Å²) < 4.78 is 29.1. The van der Waals surface area contributed by atoms with Crippen LogP contribution in [0, 0.1) is 16.2 Å². The lowest BCUT2D eigenvalue weighted by Gasteiger charge is -2.38. The van der Waals surface area contributed by atoms with Crippen molar-refractivity contribution in [1.82, 2.24) is 24.4 Å². The van der Waals surface area contributed by atoms with Crippen molar-refractivity contribution < 1.29 is 23.1 Å². The summed E-state index contributed by atoms with van der Waals surface area (Å²) in [6.45, 7) is 10.4. The second-order valence-corrected chi connectivity index (χ2v) is 17.2. The molecule has 1 fully saturated rings. The highest BCUT2D eigenvalue weighted by atomic mass is 32.2. The van der Waals surface area contributed by atoms with E-state index < -0.39 is 39.5 Å². The number of aliphatic hydroxyl groups excluding tert-OH is 1. The van der Waals surface area contributed by atoms with Gasteiger partial charge in [0.1, 0.15) is 12.6 Å². The first kappa shape index (κ1) is 39.5. The molecule has 3 amide bonds. The quantitative estimate of drug-likeness (QED) is 0.142. The molecule has 0 unspecified atom stereocenters. The molecule has 1 aromatic heterocycles. The van der Waals surface area contributed by atoms with Crippen LogP contribution in [0.15, 0.2) is 101 Å². The maximum absolute atomic E-state index is 14.4. The molecule has 0 saturated carbocycles. The van der Waals surface area contributed by atoms with Gasteiger partial charge in [0.15, 0.2) is 0 Å². The maximum atomic E-state index is 14.4. The molecular weight excluding hydrogens is 693 g/mol. The molecule has 1 saturated heterocycles. The zero-order chi connectivity index (χ0) is 38.3. The summed E-state index contributed by atoms with van der Waals surface area (Å²) in [6, 6.07) is 23.1. The largest absolute Gasteiger partial charge is 0.390 e. The highest BCUT2D eigenvalue weighted by Gasteiger charge is 2.44. The minimum Gasteiger partial charge on any atom is -0.390 e. The number of aromatic nitrogens is 1. The van der Waals surface area contributed by atoms with Gasteiger partial charge >= 0.3 is 6.03 Å². The summed E-state index contributed by atoms with van der Waals surface area (Å²) >= 11 is 0. The normalized spacial score (nSPS) is 15.6. The molecule has 0 aliphatic carbocycles. The van der Waals surface area contributed by atoms with Crippen LogP contribution in [0.3, 0.4) is 0 Å². The fourth-order valence-electron chi connectivity index (χ4n) is 6.85. The van der Waals surface area contributed by atoms with Crippen LogP contribution in [0.2, 0.25) is 0 Å². The Bertz CT molecular complexity index is 1980. The van der Waals surface area contributed by atoms with Gasteiger partial charge in [-0.3, -0.25) is 9.78 Å². The number of benzene rings is 3. The van der Waals surface area contributed by atoms with Crippen molar-refractivity contribution in [3.05, 3.63) is 113 Å². The molecule has 0 radical (unpaired) electrons. The molecule has 5 rings (SSSR count). The number of amides is 3. The van der Waals surface area contributed by atoms with Crippen LogP contribution in [0.1, 0.15) is 51.3 Å². The number of carbonyl (C=O) groups is 2. The van der Waals surface area contributed by atoms with Gasteiger partial charge in [0.2, 0.25) is 15.9 Å². The fourth-order valence-corrected chi connectivity index (χ4v) is 8.47. The van der Waals surface area contributed by atoms with E-state index in [-0.39, 0.29) is 42.9 Å². The highest BCUT2D eigenvalue weighted by molar-refractivity contribution is 7.89. The number of fused-ring (bicyclic) bond motifs is 1. The Labute approximate surface area is 312 Å². The van der Waals surface area contributed by atoms with E-state index in [4.69, 9.17) is 0 Å². The minimum atomic E-state index is -4.07. The number of nitrogens with zero attached hydrogens (tertiary/aromatic N) is 5. The molecular formula is C40H50N6O6S. The van der Waals surface area contributed by atoms with Crippen LogP contribution in [0.4, 0.5) is 4.79 Å². The number of sulfonamides is 1. The zero-order valence-corrected chi connectivity index (χ0v) is 31.9. The molecule has 3 atom stereocenters. The van der Waals surface area contributed by atoms with Gasteiger partial charge < -0.3 is 20.2 Å². The number of hydrogen-bond donors (Lipinski definition) is 2. The van der Waals surface area contributed by atoms with E-state index in [0.29, 0.717) is 25.2 Å². The number of aliphatic hydroxyl groups is 1. The van der Waals surface area contributed by atoms with Gasteiger partial charge in [-0.15, -0.1) is 0 Å². The number of nitroso groups, excluding NO2 is 1. The number of urea groups is 1. The van der Waals surface area contributed by atoms with Gasteiger partial charge in [0.25, 0.3) is 0 Å². The Balaban J connectivity index is 1.38. The summed E-state index contributed by atoms with van der Waals surface area (Å²) in [4.78, 5) is 46.8. The van der Waals surface area contributed by atoms with Crippen LogP contribution in [-0.4, -0.2) is 88.9 Å². The highest BCUT2D eigenvalue weighted by Crippen LogP contribution is 2.29. The first-order valence-electron chi connectivity index (χ1n) is 18.0. The molecule has 1 aliphatic rings. The summed E-state index contributed by atoms with van der Waals surface area (Å²) in [6.07, 6.45) is 0.662. The van der Waals surface area contributed by atoms with Crippen molar-refractivity contribution in [2.75, 3.05) is 26.2 Å². The van der Waals surface area contributed by atoms with Crippen molar-refractivity contribution >= 4 is 32.9 Å². The number of pyridine rings is 1. The molecule has 4 aromatic rings. The Hall–Kier alpha value is -4.72. The molecule has 2 N–H and O–H groups in total. The van der Waals surface area contributed by atoms with Crippen LogP contribution in [0.5, 0.6) is 0 Å². The fraction of sp³-hybridized carbons (Fsp3) is 0.425. The minimum absolute atomic E-state index is 0.0221.